The van der Waals surface area contributed by atoms with E-state index in [-0.39, 0.29) is 21.6 Å². The summed E-state index contributed by atoms with van der Waals surface area (Å²) in [6.45, 7) is 1.76. The summed E-state index contributed by atoms with van der Waals surface area (Å²) in [7, 11) is 0. The smallest absolute Gasteiger partial charge is 0.207 e. The average molecular weight is 241 g/mol. The van der Waals surface area contributed by atoms with Gasteiger partial charge in [-0.05, 0) is 12.5 Å². The minimum Gasteiger partial charge on any atom is -0.288 e. The number of allylic oxidation sites excluding steroid dienone is 2. The first-order valence-corrected chi connectivity index (χ1v) is 5.04. The summed E-state index contributed by atoms with van der Waals surface area (Å²) in [6.07, 6.45) is 0. The molecule has 0 atom stereocenters. The van der Waals surface area contributed by atoms with Gasteiger partial charge in [0, 0.05) is 11.1 Å². The van der Waals surface area contributed by atoms with Crippen LogP contribution in [-0.4, -0.2) is 11.6 Å². The third kappa shape index (κ3) is 1.41. The first-order valence-electron chi connectivity index (χ1n) is 4.28. The van der Waals surface area contributed by atoms with E-state index < -0.39 is 0 Å². The molecule has 0 unspecified atom stereocenters. The molecule has 2 nitrogen and oxygen atoms in total. The van der Waals surface area contributed by atoms with Crippen molar-refractivity contribution >= 4 is 34.8 Å². The van der Waals surface area contributed by atoms with Crippen molar-refractivity contribution in [2.75, 3.05) is 0 Å². The fourth-order valence-corrected chi connectivity index (χ4v) is 1.95. The van der Waals surface area contributed by atoms with Crippen molar-refractivity contribution in [3.63, 3.8) is 0 Å². The number of hydrogen-bond donors (Lipinski definition) is 0. The van der Waals surface area contributed by atoms with Gasteiger partial charge in [-0.15, -0.1) is 0 Å². The number of benzene rings is 1. The van der Waals surface area contributed by atoms with Crippen LogP contribution in [0.4, 0.5) is 0 Å². The zero-order chi connectivity index (χ0) is 11.2. The minimum atomic E-state index is -0.389. The molecule has 0 saturated carbocycles. The number of aryl methyl sites for hydroxylation is 1. The third-order valence-corrected chi connectivity index (χ3v) is 3.15. The zero-order valence-electron chi connectivity index (χ0n) is 7.80. The SMILES string of the molecule is Cc1cccc2c1C(=O)C(Cl)=C(Cl)C2=O. The van der Waals surface area contributed by atoms with Gasteiger partial charge in [0.2, 0.25) is 11.6 Å². The Kier molecular flexibility index (Phi) is 2.41. The lowest BCUT2D eigenvalue weighted by Crippen LogP contribution is -2.18. The van der Waals surface area contributed by atoms with Crippen molar-refractivity contribution in [1.82, 2.24) is 0 Å². The molecule has 0 spiro atoms. The zero-order valence-corrected chi connectivity index (χ0v) is 9.32. The first kappa shape index (κ1) is 10.4. The summed E-state index contributed by atoms with van der Waals surface area (Å²) >= 11 is 11.4. The number of rotatable bonds is 0. The number of carbonyl (C=O) groups is 2. The Morgan fingerprint density at radius 3 is 2.27 bits per heavy atom. The molecular weight excluding hydrogens is 235 g/mol. The Labute approximate surface area is 96.5 Å². The van der Waals surface area contributed by atoms with Crippen molar-refractivity contribution in [3.8, 4) is 0 Å². The van der Waals surface area contributed by atoms with Crippen LogP contribution in [0.5, 0.6) is 0 Å². The van der Waals surface area contributed by atoms with Gasteiger partial charge in [-0.25, -0.2) is 0 Å². The number of Topliss-reactive ketones (excluding diaryl/α,β-unsaturated/α-hetero) is 2. The van der Waals surface area contributed by atoms with Gasteiger partial charge in [-0.2, -0.15) is 0 Å². The van der Waals surface area contributed by atoms with E-state index in [9.17, 15) is 9.59 Å². The van der Waals surface area contributed by atoms with Gasteiger partial charge >= 0.3 is 0 Å². The highest BCUT2D eigenvalue weighted by Gasteiger charge is 2.31. The lowest BCUT2D eigenvalue weighted by molar-refractivity contribution is 0.0986. The maximum absolute atomic E-state index is 11.8. The number of carbonyl (C=O) groups excluding carboxylic acids is 2. The van der Waals surface area contributed by atoms with E-state index in [4.69, 9.17) is 23.2 Å². The van der Waals surface area contributed by atoms with Gasteiger partial charge in [-0.3, -0.25) is 9.59 Å². The van der Waals surface area contributed by atoms with Crippen molar-refractivity contribution in [2.45, 2.75) is 6.92 Å². The fraction of sp³-hybridized carbons (Fsp3) is 0.0909. The van der Waals surface area contributed by atoms with E-state index in [1.54, 1.807) is 25.1 Å². The van der Waals surface area contributed by atoms with Crippen LogP contribution in [0.15, 0.2) is 28.3 Å². The number of hydrogen-bond acceptors (Lipinski definition) is 2. The molecular formula is C11H6Cl2O2. The van der Waals surface area contributed by atoms with E-state index in [0.29, 0.717) is 11.1 Å². The molecule has 15 heavy (non-hydrogen) atoms. The third-order valence-electron chi connectivity index (χ3n) is 2.34. The molecule has 76 valence electrons. The van der Waals surface area contributed by atoms with Gasteiger partial charge in [0.25, 0.3) is 0 Å². The van der Waals surface area contributed by atoms with Gasteiger partial charge in [0.05, 0.1) is 0 Å². The lowest BCUT2D eigenvalue weighted by Gasteiger charge is -2.15. The fourth-order valence-electron chi connectivity index (χ4n) is 1.59. The molecule has 0 heterocycles. The molecule has 0 fully saturated rings. The minimum absolute atomic E-state index is 0.191. The molecule has 0 aliphatic heterocycles. The van der Waals surface area contributed by atoms with Gasteiger partial charge in [0.15, 0.2) is 0 Å². The first-order chi connectivity index (χ1) is 7.04. The van der Waals surface area contributed by atoms with E-state index in [0.717, 1.165) is 5.56 Å². The monoisotopic (exact) mass is 240 g/mol. The summed E-state index contributed by atoms with van der Waals surface area (Å²) in [5, 5.41) is -0.386. The Morgan fingerprint density at radius 2 is 1.60 bits per heavy atom. The van der Waals surface area contributed by atoms with Crippen molar-refractivity contribution < 1.29 is 9.59 Å². The van der Waals surface area contributed by atoms with Crippen LogP contribution in [-0.2, 0) is 0 Å². The van der Waals surface area contributed by atoms with Crippen LogP contribution >= 0.6 is 23.2 Å². The van der Waals surface area contributed by atoms with E-state index in [1.807, 2.05) is 0 Å². The average Bonchev–Trinajstić information content (AvgIpc) is 2.23. The maximum Gasteiger partial charge on any atom is 0.207 e. The molecule has 0 aromatic heterocycles. The Hall–Kier alpha value is -1.12. The Bertz CT molecular complexity index is 515. The van der Waals surface area contributed by atoms with Gasteiger partial charge in [-0.1, -0.05) is 41.4 Å². The van der Waals surface area contributed by atoms with Crippen LogP contribution in [0.3, 0.4) is 0 Å². The van der Waals surface area contributed by atoms with Crippen molar-refractivity contribution in [2.24, 2.45) is 0 Å². The highest BCUT2D eigenvalue weighted by Crippen LogP contribution is 2.31. The molecule has 0 bridgehead atoms. The van der Waals surface area contributed by atoms with Gasteiger partial charge < -0.3 is 0 Å². The second kappa shape index (κ2) is 3.47. The molecule has 0 radical (unpaired) electrons. The Morgan fingerprint density at radius 1 is 1.00 bits per heavy atom. The molecule has 2 rings (SSSR count). The standard InChI is InChI=1S/C11H6Cl2O2/c1-5-3-2-4-6-7(5)11(15)9(13)8(12)10(6)14/h2-4H,1H3. The largest absolute Gasteiger partial charge is 0.288 e. The second-order valence-electron chi connectivity index (χ2n) is 3.28. The van der Waals surface area contributed by atoms with E-state index in [2.05, 4.69) is 0 Å². The summed E-state index contributed by atoms with van der Waals surface area (Å²) in [5.41, 5.74) is 1.42. The molecule has 1 aromatic rings. The molecule has 1 aliphatic rings. The topological polar surface area (TPSA) is 34.1 Å². The molecule has 1 aromatic carbocycles. The molecule has 0 saturated heterocycles. The van der Waals surface area contributed by atoms with Crippen LogP contribution in [0.1, 0.15) is 26.3 Å². The van der Waals surface area contributed by atoms with Crippen molar-refractivity contribution in [1.29, 1.82) is 0 Å². The number of fused-ring (bicyclic) bond motifs is 1. The van der Waals surface area contributed by atoms with Crippen LogP contribution in [0.2, 0.25) is 0 Å². The van der Waals surface area contributed by atoms with Crippen LogP contribution in [0, 0.1) is 6.92 Å². The van der Waals surface area contributed by atoms with Crippen LogP contribution < -0.4 is 0 Å². The Balaban J connectivity index is 2.79. The summed E-state index contributed by atoms with van der Waals surface area (Å²) in [5.74, 6) is -0.769. The molecule has 0 amide bonds. The number of ketones is 2. The predicted octanol–water partition coefficient (Wildman–Crippen LogP) is 3.06. The normalized spacial score (nSPS) is 15.7. The second-order valence-corrected chi connectivity index (χ2v) is 4.04. The maximum atomic E-state index is 11.8. The highest BCUT2D eigenvalue weighted by molar-refractivity contribution is 6.59. The quantitative estimate of drug-likeness (QED) is 0.699. The van der Waals surface area contributed by atoms with E-state index in [1.165, 1.54) is 0 Å². The molecule has 4 heteroatoms. The predicted molar refractivity (Wildman–Crippen MR) is 58.6 cm³/mol. The highest BCUT2D eigenvalue weighted by atomic mass is 35.5. The van der Waals surface area contributed by atoms with Crippen LogP contribution in [0.25, 0.3) is 0 Å². The molecule has 1 aliphatic carbocycles. The summed E-state index contributed by atoms with van der Waals surface area (Å²) in [4.78, 5) is 23.5. The summed E-state index contributed by atoms with van der Waals surface area (Å²) in [6, 6.07) is 5.05. The number of halogens is 2. The summed E-state index contributed by atoms with van der Waals surface area (Å²) < 4.78 is 0. The van der Waals surface area contributed by atoms with Crippen molar-refractivity contribution in [3.05, 3.63) is 45.0 Å². The lowest BCUT2D eigenvalue weighted by atomic mass is 9.91. The molecule has 0 N–H and O–H groups in total. The van der Waals surface area contributed by atoms with Gasteiger partial charge in [0.1, 0.15) is 10.1 Å². The van der Waals surface area contributed by atoms with E-state index >= 15 is 0 Å².